The van der Waals surface area contributed by atoms with Crippen LogP contribution in [-0.4, -0.2) is 43.8 Å². The van der Waals surface area contributed by atoms with Gasteiger partial charge in [0.1, 0.15) is 18.4 Å². The van der Waals surface area contributed by atoms with Gasteiger partial charge in [-0.1, -0.05) is 66.5 Å². The van der Waals surface area contributed by atoms with E-state index >= 15 is 0 Å². The third-order valence-corrected chi connectivity index (χ3v) is 8.58. The molecule has 7 nitrogen and oxygen atoms in total. The molecule has 0 aliphatic carbocycles. The lowest BCUT2D eigenvalue weighted by Crippen LogP contribution is -2.52. The fraction of sp³-hybridized carbons (Fsp3) is 0.286. The molecule has 0 saturated carbocycles. The Morgan fingerprint density at radius 3 is 2.26 bits per heavy atom. The van der Waals surface area contributed by atoms with Crippen molar-refractivity contribution in [2.24, 2.45) is 0 Å². The zero-order chi connectivity index (χ0) is 28.7. The predicted molar refractivity (Wildman–Crippen MR) is 152 cm³/mol. The van der Waals surface area contributed by atoms with Crippen molar-refractivity contribution in [2.75, 3.05) is 10.8 Å². The van der Waals surface area contributed by atoms with Crippen LogP contribution < -0.4 is 9.62 Å². The quantitative estimate of drug-likeness (QED) is 0.311. The number of hydrogen-bond donors (Lipinski definition) is 1. The summed E-state index contributed by atoms with van der Waals surface area (Å²) in [5.74, 6) is -1.75. The van der Waals surface area contributed by atoms with E-state index in [9.17, 15) is 22.4 Å². The maximum atomic E-state index is 14.6. The van der Waals surface area contributed by atoms with Gasteiger partial charge in [0.15, 0.2) is 0 Å². The Morgan fingerprint density at radius 1 is 0.974 bits per heavy atom. The molecule has 208 valence electrons. The van der Waals surface area contributed by atoms with Gasteiger partial charge in [0.05, 0.1) is 15.6 Å². The van der Waals surface area contributed by atoms with Crippen molar-refractivity contribution in [1.29, 1.82) is 0 Å². The molecular weight excluding hydrogens is 564 g/mol. The highest BCUT2D eigenvalue weighted by molar-refractivity contribution is 7.92. The van der Waals surface area contributed by atoms with Gasteiger partial charge in [-0.2, -0.15) is 0 Å². The molecule has 0 saturated heterocycles. The first-order chi connectivity index (χ1) is 18.4. The van der Waals surface area contributed by atoms with Gasteiger partial charge in [0.25, 0.3) is 10.0 Å². The summed E-state index contributed by atoms with van der Waals surface area (Å²) in [5.41, 5.74) is 0.163. The smallest absolute Gasteiger partial charge is 0.264 e. The molecule has 0 heterocycles. The molecule has 2 atom stereocenters. The molecule has 2 amide bonds. The average Bonchev–Trinajstić information content (AvgIpc) is 2.92. The third kappa shape index (κ3) is 7.50. The van der Waals surface area contributed by atoms with Crippen LogP contribution in [0.2, 0.25) is 10.0 Å². The second-order valence-electron chi connectivity index (χ2n) is 9.03. The topological polar surface area (TPSA) is 86.8 Å². The summed E-state index contributed by atoms with van der Waals surface area (Å²) in [4.78, 5) is 28.0. The molecule has 3 rings (SSSR count). The van der Waals surface area contributed by atoms with Gasteiger partial charge < -0.3 is 10.2 Å². The number of carbonyl (C=O) groups is 2. The molecule has 3 aromatic rings. The first-order valence-electron chi connectivity index (χ1n) is 12.3. The lowest BCUT2D eigenvalue weighted by atomic mass is 10.1. The normalized spacial score (nSPS) is 12.9. The highest BCUT2D eigenvalue weighted by Crippen LogP contribution is 2.33. The number of benzene rings is 3. The second-order valence-corrected chi connectivity index (χ2v) is 11.7. The number of nitrogens with zero attached hydrogens (tertiary/aromatic N) is 2. The molecule has 0 fully saturated rings. The fourth-order valence-corrected chi connectivity index (χ4v) is 5.65. The number of rotatable bonds is 11. The number of amides is 2. The first-order valence-corrected chi connectivity index (χ1v) is 14.5. The van der Waals surface area contributed by atoms with E-state index in [2.05, 4.69) is 5.32 Å². The number of nitrogens with one attached hydrogen (secondary N) is 1. The summed E-state index contributed by atoms with van der Waals surface area (Å²) in [7, 11) is -4.30. The van der Waals surface area contributed by atoms with Crippen molar-refractivity contribution in [3.63, 3.8) is 0 Å². The summed E-state index contributed by atoms with van der Waals surface area (Å²) in [6.45, 7) is 4.26. The van der Waals surface area contributed by atoms with Crippen molar-refractivity contribution in [3.05, 3.63) is 94.2 Å². The summed E-state index contributed by atoms with van der Waals surface area (Å²) in [6.07, 6.45) is 0.663. The van der Waals surface area contributed by atoms with Gasteiger partial charge in [0.2, 0.25) is 11.8 Å². The molecule has 39 heavy (non-hydrogen) atoms. The minimum absolute atomic E-state index is 0.0103. The summed E-state index contributed by atoms with van der Waals surface area (Å²) < 4.78 is 43.0. The van der Waals surface area contributed by atoms with E-state index < -0.39 is 40.2 Å². The van der Waals surface area contributed by atoms with Crippen LogP contribution in [0, 0.1) is 5.82 Å². The highest BCUT2D eigenvalue weighted by atomic mass is 35.5. The van der Waals surface area contributed by atoms with Gasteiger partial charge in [-0.3, -0.25) is 13.9 Å². The van der Waals surface area contributed by atoms with Crippen molar-refractivity contribution in [3.8, 4) is 0 Å². The average molecular weight is 595 g/mol. The fourth-order valence-electron chi connectivity index (χ4n) is 3.77. The Balaban J connectivity index is 2.07. The summed E-state index contributed by atoms with van der Waals surface area (Å²) >= 11 is 12.5. The van der Waals surface area contributed by atoms with Gasteiger partial charge in [-0.25, -0.2) is 12.8 Å². The van der Waals surface area contributed by atoms with Crippen LogP contribution in [0.4, 0.5) is 10.1 Å². The Bertz CT molecular complexity index is 1420. The molecular formula is C28H30Cl2FN3O4S. The standard InChI is InChI=1S/C28H30Cl2FN3O4S/c1-4-19(2)32-28(36)20(3)33(17-21-10-8-9-13-25(21)31)27(35)18-34(26-16-22(29)14-15-24(26)30)39(37,38)23-11-6-5-7-12-23/h5-16,19-20H,4,17-18H2,1-3H3,(H,32,36)/t19-,20+/m0/s1. The number of sulfonamides is 1. The number of carbonyl (C=O) groups excluding carboxylic acids is 2. The Hall–Kier alpha value is -3.14. The van der Waals surface area contributed by atoms with Crippen LogP contribution in [0.1, 0.15) is 32.8 Å². The van der Waals surface area contributed by atoms with E-state index in [1.807, 2.05) is 13.8 Å². The number of halogens is 3. The summed E-state index contributed by atoms with van der Waals surface area (Å²) in [5, 5.41) is 3.08. The van der Waals surface area contributed by atoms with Crippen LogP contribution in [0.5, 0.6) is 0 Å². The highest BCUT2D eigenvalue weighted by Gasteiger charge is 2.34. The van der Waals surface area contributed by atoms with E-state index in [1.54, 1.807) is 24.3 Å². The van der Waals surface area contributed by atoms with Crippen molar-refractivity contribution in [1.82, 2.24) is 10.2 Å². The maximum Gasteiger partial charge on any atom is 0.264 e. The number of hydrogen-bond acceptors (Lipinski definition) is 4. The van der Waals surface area contributed by atoms with Gasteiger partial charge in [-0.15, -0.1) is 0 Å². The second kappa shape index (κ2) is 13.3. The maximum absolute atomic E-state index is 14.6. The van der Waals surface area contributed by atoms with Crippen LogP contribution in [-0.2, 0) is 26.2 Å². The van der Waals surface area contributed by atoms with E-state index in [1.165, 1.54) is 55.5 Å². The minimum atomic E-state index is -4.30. The SMILES string of the molecule is CC[C@H](C)NC(=O)[C@@H](C)N(Cc1ccccc1F)C(=O)CN(c1cc(Cl)ccc1Cl)S(=O)(=O)c1ccccc1. The van der Waals surface area contributed by atoms with Gasteiger partial charge >= 0.3 is 0 Å². The van der Waals surface area contributed by atoms with Crippen LogP contribution in [0.3, 0.4) is 0 Å². The first kappa shape index (κ1) is 30.4. The summed E-state index contributed by atoms with van der Waals surface area (Å²) in [6, 6.07) is 16.5. The largest absolute Gasteiger partial charge is 0.352 e. The Labute approximate surface area is 238 Å². The lowest BCUT2D eigenvalue weighted by molar-refractivity contribution is -0.139. The Morgan fingerprint density at radius 2 is 1.62 bits per heavy atom. The number of anilines is 1. The van der Waals surface area contributed by atoms with Crippen molar-refractivity contribution in [2.45, 2.75) is 50.7 Å². The third-order valence-electron chi connectivity index (χ3n) is 6.25. The van der Waals surface area contributed by atoms with E-state index in [-0.39, 0.29) is 38.8 Å². The van der Waals surface area contributed by atoms with Crippen LogP contribution in [0.25, 0.3) is 0 Å². The molecule has 0 aliphatic heterocycles. The monoisotopic (exact) mass is 593 g/mol. The molecule has 0 bridgehead atoms. The van der Waals surface area contributed by atoms with Crippen LogP contribution in [0.15, 0.2) is 77.7 Å². The lowest BCUT2D eigenvalue weighted by Gasteiger charge is -2.32. The van der Waals surface area contributed by atoms with Gasteiger partial charge in [0, 0.05) is 23.2 Å². The van der Waals surface area contributed by atoms with Crippen molar-refractivity contribution >= 4 is 50.7 Å². The molecule has 11 heteroatoms. The Kier molecular flexibility index (Phi) is 10.4. The molecule has 0 radical (unpaired) electrons. The zero-order valence-electron chi connectivity index (χ0n) is 21.8. The molecule has 3 aromatic carbocycles. The van der Waals surface area contributed by atoms with E-state index in [0.29, 0.717) is 6.42 Å². The molecule has 0 aliphatic rings. The molecule has 1 N–H and O–H groups in total. The zero-order valence-corrected chi connectivity index (χ0v) is 24.1. The van der Waals surface area contributed by atoms with E-state index in [4.69, 9.17) is 23.2 Å². The minimum Gasteiger partial charge on any atom is -0.352 e. The van der Waals surface area contributed by atoms with Crippen LogP contribution >= 0.6 is 23.2 Å². The van der Waals surface area contributed by atoms with E-state index in [0.717, 1.165) is 9.21 Å². The van der Waals surface area contributed by atoms with Gasteiger partial charge in [-0.05, 0) is 56.7 Å². The van der Waals surface area contributed by atoms with Crippen molar-refractivity contribution < 1.29 is 22.4 Å². The molecule has 0 aromatic heterocycles. The predicted octanol–water partition coefficient (Wildman–Crippen LogP) is 5.66. The molecule has 0 unspecified atom stereocenters. The molecule has 0 spiro atoms.